The van der Waals surface area contributed by atoms with E-state index in [9.17, 15) is 18.0 Å². The van der Waals surface area contributed by atoms with Gasteiger partial charge < -0.3 is 14.8 Å². The van der Waals surface area contributed by atoms with E-state index >= 15 is 0 Å². The molecule has 0 spiro atoms. The first-order valence-corrected chi connectivity index (χ1v) is 8.36. The molecule has 0 aromatic heterocycles. The van der Waals surface area contributed by atoms with Crippen LogP contribution in [-0.2, 0) is 29.1 Å². The first-order valence-electron chi connectivity index (χ1n) is 6.87. The predicted octanol–water partition coefficient (Wildman–Crippen LogP) is -0.341. The summed E-state index contributed by atoms with van der Waals surface area (Å²) in [7, 11) is -2.30. The molecule has 0 aliphatic carbocycles. The van der Waals surface area contributed by atoms with E-state index in [1.165, 1.54) is 26.2 Å². The maximum Gasteiger partial charge on any atom is 0.321 e. The highest BCUT2D eigenvalue weighted by atomic mass is 32.2. The molecule has 0 fully saturated rings. The molecule has 23 heavy (non-hydrogen) atoms. The van der Waals surface area contributed by atoms with Gasteiger partial charge in [-0.1, -0.05) is 18.2 Å². The Hall–Kier alpha value is -1.97. The van der Waals surface area contributed by atoms with E-state index in [4.69, 9.17) is 9.47 Å². The summed E-state index contributed by atoms with van der Waals surface area (Å²) in [6.07, 6.45) is -1.03. The third kappa shape index (κ3) is 6.76. The maximum atomic E-state index is 11.9. The van der Waals surface area contributed by atoms with E-state index < -0.39 is 34.5 Å². The molecule has 0 unspecified atom stereocenters. The van der Waals surface area contributed by atoms with E-state index in [0.29, 0.717) is 6.61 Å². The lowest BCUT2D eigenvalue weighted by Crippen LogP contribution is -2.39. The van der Waals surface area contributed by atoms with Crippen molar-refractivity contribution in [2.75, 3.05) is 26.8 Å². The van der Waals surface area contributed by atoms with Gasteiger partial charge in [0.15, 0.2) is 6.10 Å². The molecule has 1 aromatic carbocycles. The molecule has 0 radical (unpaired) electrons. The van der Waals surface area contributed by atoms with Gasteiger partial charge in [0.05, 0.1) is 11.5 Å². The molecule has 0 aliphatic rings. The van der Waals surface area contributed by atoms with E-state index in [1.807, 2.05) is 0 Å². The average molecular weight is 344 g/mol. The minimum absolute atomic E-state index is 0.0400. The van der Waals surface area contributed by atoms with E-state index in [0.717, 1.165) is 0 Å². The molecule has 8 nitrogen and oxygen atoms in total. The minimum Gasteiger partial charge on any atom is -0.452 e. The molecule has 0 heterocycles. The minimum atomic E-state index is -3.80. The summed E-state index contributed by atoms with van der Waals surface area (Å²) >= 11 is 0. The van der Waals surface area contributed by atoms with Crippen molar-refractivity contribution in [1.29, 1.82) is 0 Å². The number of sulfonamides is 1. The van der Waals surface area contributed by atoms with Crippen LogP contribution in [0, 0.1) is 0 Å². The highest BCUT2D eigenvalue weighted by molar-refractivity contribution is 7.89. The molecule has 128 valence electrons. The van der Waals surface area contributed by atoms with Crippen molar-refractivity contribution < 1.29 is 27.5 Å². The van der Waals surface area contributed by atoms with Crippen LogP contribution >= 0.6 is 0 Å². The zero-order chi connectivity index (χ0) is 17.3. The van der Waals surface area contributed by atoms with Crippen molar-refractivity contribution >= 4 is 21.9 Å². The third-order valence-electron chi connectivity index (χ3n) is 2.74. The molecule has 1 atom stereocenters. The summed E-state index contributed by atoms with van der Waals surface area (Å²) in [5.41, 5.74) is 0. The second-order valence-electron chi connectivity index (χ2n) is 4.55. The molecule has 0 saturated carbocycles. The predicted molar refractivity (Wildman–Crippen MR) is 82.1 cm³/mol. The number of carbonyl (C=O) groups is 2. The lowest BCUT2D eigenvalue weighted by Gasteiger charge is -2.13. The summed E-state index contributed by atoms with van der Waals surface area (Å²) < 4.78 is 35.6. The summed E-state index contributed by atoms with van der Waals surface area (Å²) in [5.74, 6) is -1.33. The van der Waals surface area contributed by atoms with Gasteiger partial charge in [0.2, 0.25) is 10.0 Å². The quantitative estimate of drug-likeness (QED) is 0.468. The molecule has 0 saturated heterocycles. The first-order chi connectivity index (χ1) is 10.9. The van der Waals surface area contributed by atoms with E-state index in [1.54, 1.807) is 18.2 Å². The number of rotatable bonds is 9. The molecule has 1 rings (SSSR count). The standard InChI is InChI=1S/C14H20N2O6S/c1-11(14(18)15-8-9-21-2)22-13(17)10-16-23(19,20)12-6-4-3-5-7-12/h3-7,11,16H,8-10H2,1-2H3,(H,15,18)/t11-/m0/s1. The van der Waals surface area contributed by atoms with Crippen molar-refractivity contribution in [2.24, 2.45) is 0 Å². The Bertz CT molecular complexity index is 617. The Labute approximate surface area is 135 Å². The first kappa shape index (κ1) is 19.1. The number of esters is 1. The molecule has 0 aliphatic heterocycles. The average Bonchev–Trinajstić information content (AvgIpc) is 2.54. The number of methoxy groups -OCH3 is 1. The van der Waals surface area contributed by atoms with Crippen LogP contribution in [0.15, 0.2) is 35.2 Å². The fraction of sp³-hybridized carbons (Fsp3) is 0.429. The van der Waals surface area contributed by atoms with Crippen LogP contribution < -0.4 is 10.0 Å². The van der Waals surface area contributed by atoms with Crippen molar-refractivity contribution in [3.05, 3.63) is 30.3 Å². The SMILES string of the molecule is COCCNC(=O)[C@H](C)OC(=O)CNS(=O)(=O)c1ccccc1. The Morgan fingerprint density at radius 2 is 1.87 bits per heavy atom. The molecule has 0 bridgehead atoms. The molecule has 1 amide bonds. The lowest BCUT2D eigenvalue weighted by molar-refractivity contribution is -0.153. The number of amides is 1. The van der Waals surface area contributed by atoms with Gasteiger partial charge in [0.1, 0.15) is 6.54 Å². The second-order valence-corrected chi connectivity index (χ2v) is 6.32. The molecular formula is C14H20N2O6S. The fourth-order valence-corrected chi connectivity index (χ4v) is 2.54. The third-order valence-corrected chi connectivity index (χ3v) is 4.16. The molecular weight excluding hydrogens is 324 g/mol. The van der Waals surface area contributed by atoms with E-state index in [-0.39, 0.29) is 11.4 Å². The van der Waals surface area contributed by atoms with Gasteiger partial charge in [-0.15, -0.1) is 0 Å². The van der Waals surface area contributed by atoms with Crippen LogP contribution in [0.4, 0.5) is 0 Å². The van der Waals surface area contributed by atoms with Crippen LogP contribution in [0.2, 0.25) is 0 Å². The van der Waals surface area contributed by atoms with Gasteiger partial charge in [0, 0.05) is 13.7 Å². The van der Waals surface area contributed by atoms with Crippen molar-refractivity contribution in [3.63, 3.8) is 0 Å². The van der Waals surface area contributed by atoms with Gasteiger partial charge in [0.25, 0.3) is 5.91 Å². The Kier molecular flexibility index (Phi) is 7.66. The van der Waals surface area contributed by atoms with Crippen molar-refractivity contribution in [1.82, 2.24) is 10.0 Å². The number of hydrogen-bond acceptors (Lipinski definition) is 6. The lowest BCUT2D eigenvalue weighted by atomic mass is 10.3. The topological polar surface area (TPSA) is 111 Å². The van der Waals surface area contributed by atoms with Crippen LogP contribution in [-0.4, -0.2) is 53.2 Å². The summed E-state index contributed by atoms with van der Waals surface area (Å²) in [4.78, 5) is 23.2. The number of benzene rings is 1. The Balaban J connectivity index is 2.43. The summed E-state index contributed by atoms with van der Waals surface area (Å²) in [6, 6.07) is 7.62. The second kappa shape index (κ2) is 9.23. The summed E-state index contributed by atoms with van der Waals surface area (Å²) in [6.45, 7) is 1.46. The Morgan fingerprint density at radius 1 is 1.22 bits per heavy atom. The number of carbonyl (C=O) groups excluding carboxylic acids is 2. The van der Waals surface area contributed by atoms with Crippen LogP contribution in [0.3, 0.4) is 0 Å². The number of nitrogens with one attached hydrogen (secondary N) is 2. The van der Waals surface area contributed by atoms with Gasteiger partial charge in [-0.3, -0.25) is 9.59 Å². The van der Waals surface area contributed by atoms with Gasteiger partial charge in [-0.25, -0.2) is 8.42 Å². The highest BCUT2D eigenvalue weighted by Crippen LogP contribution is 2.06. The number of hydrogen-bond donors (Lipinski definition) is 2. The number of ether oxygens (including phenoxy) is 2. The van der Waals surface area contributed by atoms with Crippen molar-refractivity contribution in [2.45, 2.75) is 17.9 Å². The monoisotopic (exact) mass is 344 g/mol. The molecule has 2 N–H and O–H groups in total. The largest absolute Gasteiger partial charge is 0.452 e. The van der Waals surface area contributed by atoms with Gasteiger partial charge in [-0.2, -0.15) is 4.72 Å². The maximum absolute atomic E-state index is 11.9. The van der Waals surface area contributed by atoms with Gasteiger partial charge in [-0.05, 0) is 19.1 Å². The van der Waals surface area contributed by atoms with Crippen LogP contribution in [0.25, 0.3) is 0 Å². The fourth-order valence-electron chi connectivity index (χ4n) is 1.55. The van der Waals surface area contributed by atoms with Crippen LogP contribution in [0.5, 0.6) is 0 Å². The van der Waals surface area contributed by atoms with Crippen molar-refractivity contribution in [3.8, 4) is 0 Å². The van der Waals surface area contributed by atoms with Gasteiger partial charge >= 0.3 is 5.97 Å². The smallest absolute Gasteiger partial charge is 0.321 e. The zero-order valence-electron chi connectivity index (χ0n) is 12.9. The molecule has 1 aromatic rings. The van der Waals surface area contributed by atoms with Crippen LogP contribution in [0.1, 0.15) is 6.92 Å². The van der Waals surface area contributed by atoms with E-state index in [2.05, 4.69) is 10.0 Å². The highest BCUT2D eigenvalue weighted by Gasteiger charge is 2.20. The zero-order valence-corrected chi connectivity index (χ0v) is 13.8. The molecule has 9 heteroatoms. The Morgan fingerprint density at radius 3 is 2.48 bits per heavy atom. The summed E-state index contributed by atoms with van der Waals surface area (Å²) in [5, 5.41) is 2.51. The normalized spacial score (nSPS) is 12.4.